The van der Waals surface area contributed by atoms with Crippen LogP contribution in [0.5, 0.6) is 0 Å². The van der Waals surface area contributed by atoms with Crippen LogP contribution in [0.4, 0.5) is 0 Å². The summed E-state index contributed by atoms with van der Waals surface area (Å²) in [7, 11) is 0. The fraction of sp³-hybridized carbons (Fsp3) is 1.00. The molecule has 0 aliphatic carbocycles. The highest BCUT2D eigenvalue weighted by Crippen LogP contribution is 2.28. The molecule has 2 saturated heterocycles. The predicted molar refractivity (Wildman–Crippen MR) is 40.9 cm³/mol. The van der Waals surface area contributed by atoms with E-state index in [0.29, 0.717) is 6.04 Å². The minimum atomic E-state index is 0.0816. The van der Waals surface area contributed by atoms with Crippen LogP contribution in [0.2, 0.25) is 0 Å². The second-order valence-corrected chi connectivity index (χ2v) is 3.44. The highest BCUT2D eigenvalue weighted by molar-refractivity contribution is 4.80. The predicted octanol–water partition coefficient (Wildman–Crippen LogP) is 0.537. The van der Waals surface area contributed by atoms with Crippen molar-refractivity contribution in [1.82, 2.24) is 5.06 Å². The molecule has 2 aliphatic heterocycles. The smallest absolute Gasteiger partial charge is 0.104 e. The van der Waals surface area contributed by atoms with Crippen LogP contribution in [0.3, 0.4) is 0 Å². The van der Waals surface area contributed by atoms with Gasteiger partial charge in [0, 0.05) is 12.6 Å². The van der Waals surface area contributed by atoms with E-state index in [9.17, 15) is 0 Å². The lowest BCUT2D eigenvalue weighted by molar-refractivity contribution is -0.178. The number of nitrogens with zero attached hydrogens (tertiary/aromatic N) is 1. The largest absolute Gasteiger partial charge is 0.394 e. The van der Waals surface area contributed by atoms with Crippen LogP contribution in [-0.2, 0) is 4.84 Å². The lowest BCUT2D eigenvalue weighted by Crippen LogP contribution is -2.33. The molecule has 0 bridgehead atoms. The molecular formula is C8H15NO2. The van der Waals surface area contributed by atoms with Crippen LogP contribution in [0.25, 0.3) is 0 Å². The minimum absolute atomic E-state index is 0.0816. The van der Waals surface area contributed by atoms with Crippen molar-refractivity contribution in [2.45, 2.75) is 37.8 Å². The molecule has 2 fully saturated rings. The molecule has 0 aromatic heterocycles. The van der Waals surface area contributed by atoms with E-state index in [2.05, 4.69) is 5.06 Å². The van der Waals surface area contributed by atoms with Crippen LogP contribution in [0.15, 0.2) is 0 Å². The summed E-state index contributed by atoms with van der Waals surface area (Å²) in [5.74, 6) is 0. The first-order valence-corrected chi connectivity index (χ1v) is 4.44. The van der Waals surface area contributed by atoms with Gasteiger partial charge < -0.3 is 5.11 Å². The molecule has 64 valence electrons. The van der Waals surface area contributed by atoms with Crippen molar-refractivity contribution in [1.29, 1.82) is 0 Å². The monoisotopic (exact) mass is 157 g/mol. The molecule has 2 aliphatic rings. The molecule has 11 heavy (non-hydrogen) atoms. The Hall–Kier alpha value is -0.120. The molecule has 0 saturated carbocycles. The van der Waals surface area contributed by atoms with Crippen LogP contribution < -0.4 is 0 Å². The molecule has 2 rings (SSSR count). The average molecular weight is 157 g/mol. The van der Waals surface area contributed by atoms with E-state index >= 15 is 0 Å². The highest BCUT2D eigenvalue weighted by atomic mass is 16.7. The Morgan fingerprint density at radius 3 is 3.09 bits per heavy atom. The molecule has 0 amide bonds. The molecule has 3 heteroatoms. The lowest BCUT2D eigenvalue weighted by atomic mass is 10.0. The Morgan fingerprint density at radius 1 is 1.45 bits per heavy atom. The zero-order valence-electron chi connectivity index (χ0n) is 6.70. The van der Waals surface area contributed by atoms with Crippen LogP contribution in [0.1, 0.15) is 25.7 Å². The first-order chi connectivity index (χ1) is 5.40. The minimum Gasteiger partial charge on any atom is -0.394 e. The van der Waals surface area contributed by atoms with Gasteiger partial charge in [0.1, 0.15) is 6.10 Å². The molecule has 1 N–H and O–H groups in total. The van der Waals surface area contributed by atoms with E-state index in [1.54, 1.807) is 0 Å². The van der Waals surface area contributed by atoms with Gasteiger partial charge in [0.25, 0.3) is 0 Å². The second kappa shape index (κ2) is 3.09. The summed E-state index contributed by atoms with van der Waals surface area (Å²) < 4.78 is 0. The van der Waals surface area contributed by atoms with Crippen LogP contribution in [0, 0.1) is 0 Å². The van der Waals surface area contributed by atoms with Gasteiger partial charge in [-0.25, -0.2) is 0 Å². The zero-order valence-corrected chi connectivity index (χ0v) is 6.70. The van der Waals surface area contributed by atoms with Crippen LogP contribution in [-0.4, -0.2) is 35.5 Å². The number of rotatable bonds is 1. The van der Waals surface area contributed by atoms with Gasteiger partial charge in [0.15, 0.2) is 0 Å². The van der Waals surface area contributed by atoms with E-state index in [-0.39, 0.29) is 12.7 Å². The van der Waals surface area contributed by atoms with Crippen molar-refractivity contribution in [2.75, 3.05) is 13.2 Å². The van der Waals surface area contributed by atoms with Gasteiger partial charge in [-0.3, -0.25) is 4.84 Å². The maximum absolute atomic E-state index is 8.86. The average Bonchev–Trinajstić information content (AvgIpc) is 2.46. The van der Waals surface area contributed by atoms with Gasteiger partial charge >= 0.3 is 0 Å². The summed E-state index contributed by atoms with van der Waals surface area (Å²) in [4.78, 5) is 5.50. The van der Waals surface area contributed by atoms with E-state index in [1.807, 2.05) is 0 Å². The highest BCUT2D eigenvalue weighted by Gasteiger charge is 2.34. The van der Waals surface area contributed by atoms with Crippen molar-refractivity contribution in [3.63, 3.8) is 0 Å². The Balaban J connectivity index is 1.92. The molecule has 0 spiro atoms. The fourth-order valence-corrected chi connectivity index (χ4v) is 1.99. The first kappa shape index (κ1) is 7.53. The third-order valence-corrected chi connectivity index (χ3v) is 2.60. The quantitative estimate of drug-likeness (QED) is 0.603. The molecule has 3 nitrogen and oxygen atoms in total. The number of hydroxylamine groups is 2. The Kier molecular flexibility index (Phi) is 2.11. The summed E-state index contributed by atoms with van der Waals surface area (Å²) in [6.07, 6.45) is 4.92. The van der Waals surface area contributed by atoms with Gasteiger partial charge in [-0.1, -0.05) is 6.42 Å². The molecular weight excluding hydrogens is 142 g/mol. The van der Waals surface area contributed by atoms with Crippen molar-refractivity contribution in [2.24, 2.45) is 0 Å². The Morgan fingerprint density at radius 2 is 2.36 bits per heavy atom. The summed E-state index contributed by atoms with van der Waals surface area (Å²) in [6.45, 7) is 1.23. The summed E-state index contributed by atoms with van der Waals surface area (Å²) in [5.41, 5.74) is 0. The molecule has 2 atom stereocenters. The first-order valence-electron chi connectivity index (χ1n) is 4.44. The number of aliphatic hydroxyl groups is 1. The maximum atomic E-state index is 8.86. The second-order valence-electron chi connectivity index (χ2n) is 3.44. The molecule has 2 unspecified atom stereocenters. The number of hydrogen-bond acceptors (Lipinski definition) is 3. The topological polar surface area (TPSA) is 32.7 Å². The summed E-state index contributed by atoms with van der Waals surface area (Å²) >= 11 is 0. The van der Waals surface area contributed by atoms with Crippen molar-refractivity contribution < 1.29 is 9.94 Å². The third kappa shape index (κ3) is 1.41. The number of aliphatic hydroxyl groups excluding tert-OH is 1. The van der Waals surface area contributed by atoms with Gasteiger partial charge in [0.2, 0.25) is 0 Å². The van der Waals surface area contributed by atoms with E-state index in [4.69, 9.17) is 9.94 Å². The van der Waals surface area contributed by atoms with Gasteiger partial charge in [-0.05, 0) is 19.3 Å². The van der Waals surface area contributed by atoms with Crippen molar-refractivity contribution >= 4 is 0 Å². The van der Waals surface area contributed by atoms with Crippen LogP contribution >= 0.6 is 0 Å². The molecule has 0 radical (unpaired) electrons. The lowest BCUT2D eigenvalue weighted by Gasteiger charge is -2.26. The SMILES string of the molecule is OCC1CC2CCCCN2O1. The van der Waals surface area contributed by atoms with Gasteiger partial charge in [-0.15, -0.1) is 0 Å². The van der Waals surface area contributed by atoms with Crippen molar-refractivity contribution in [3.8, 4) is 0 Å². The fourth-order valence-electron chi connectivity index (χ4n) is 1.99. The normalized spacial score (nSPS) is 39.0. The van der Waals surface area contributed by atoms with Gasteiger partial charge in [0.05, 0.1) is 6.61 Å². The third-order valence-electron chi connectivity index (χ3n) is 2.60. The zero-order chi connectivity index (χ0) is 7.68. The van der Waals surface area contributed by atoms with E-state index in [1.165, 1.54) is 19.3 Å². The number of fused-ring (bicyclic) bond motifs is 1. The van der Waals surface area contributed by atoms with E-state index in [0.717, 1.165) is 13.0 Å². The Labute approximate surface area is 66.9 Å². The molecule has 0 aromatic carbocycles. The van der Waals surface area contributed by atoms with Crippen molar-refractivity contribution in [3.05, 3.63) is 0 Å². The molecule has 0 aromatic rings. The summed E-state index contributed by atoms with van der Waals surface area (Å²) in [6, 6.07) is 0.598. The number of hydrogen-bond donors (Lipinski definition) is 1. The standard InChI is InChI=1S/C8H15NO2/c10-6-8-5-7-3-1-2-4-9(7)11-8/h7-8,10H,1-6H2. The number of piperidine rings is 1. The Bertz CT molecular complexity index is 126. The summed E-state index contributed by atoms with van der Waals surface area (Å²) in [5, 5.41) is 10.9. The van der Waals surface area contributed by atoms with Gasteiger partial charge in [-0.2, -0.15) is 5.06 Å². The molecule has 2 heterocycles. The maximum Gasteiger partial charge on any atom is 0.104 e. The van der Waals surface area contributed by atoms with E-state index < -0.39 is 0 Å².